The Labute approximate surface area is 100 Å². The summed E-state index contributed by atoms with van der Waals surface area (Å²) in [5.41, 5.74) is 0.140. The van der Waals surface area contributed by atoms with E-state index in [0.717, 1.165) is 12.8 Å². The van der Waals surface area contributed by atoms with E-state index in [1.54, 1.807) is 23.5 Å². The van der Waals surface area contributed by atoms with Crippen LogP contribution in [-0.4, -0.2) is 23.4 Å². The summed E-state index contributed by atoms with van der Waals surface area (Å²) in [5.74, 6) is 0. The van der Waals surface area contributed by atoms with Crippen molar-refractivity contribution in [3.05, 3.63) is 0 Å². The van der Waals surface area contributed by atoms with Gasteiger partial charge < -0.3 is 4.74 Å². The molecule has 0 aromatic carbocycles. The van der Waals surface area contributed by atoms with Crippen molar-refractivity contribution >= 4 is 23.5 Å². The van der Waals surface area contributed by atoms with Gasteiger partial charge in [0.25, 0.3) is 0 Å². The zero-order chi connectivity index (χ0) is 11.5. The Hall–Kier alpha value is -0.360. The van der Waals surface area contributed by atoms with Gasteiger partial charge >= 0.3 is 0 Å². The largest absolute Gasteiger partial charge is 0.354 e. The first-order chi connectivity index (χ1) is 7.28. The van der Waals surface area contributed by atoms with Gasteiger partial charge in [-0.1, -0.05) is 0 Å². The van der Waals surface area contributed by atoms with Gasteiger partial charge in [0.1, 0.15) is 10.9 Å². The van der Waals surface area contributed by atoms with Crippen molar-refractivity contribution < 1.29 is 4.74 Å². The summed E-state index contributed by atoms with van der Waals surface area (Å²) in [6.45, 7) is 0. The molecule has 15 heavy (non-hydrogen) atoms. The molecule has 0 radical (unpaired) electrons. The molecule has 0 bridgehead atoms. The van der Waals surface area contributed by atoms with Gasteiger partial charge in [-0.3, -0.25) is 0 Å². The van der Waals surface area contributed by atoms with Crippen LogP contribution in [0.4, 0.5) is 0 Å². The van der Waals surface area contributed by atoms with Crippen molar-refractivity contribution in [2.75, 3.05) is 12.5 Å². The van der Waals surface area contributed by atoms with E-state index in [4.69, 9.17) is 15.3 Å². The predicted octanol–water partition coefficient (Wildman–Crippen LogP) is 2.99. The fraction of sp³-hybridized carbons (Fsp3) is 0.800. The lowest BCUT2D eigenvalue weighted by atomic mass is 10.3. The minimum atomic E-state index is 0.0702. The Morgan fingerprint density at radius 2 is 1.40 bits per heavy atom. The first-order valence-electron chi connectivity index (χ1n) is 4.73. The maximum absolute atomic E-state index is 8.48. The van der Waals surface area contributed by atoms with Crippen molar-refractivity contribution in [1.82, 2.24) is 0 Å². The Balaban J connectivity index is 3.90. The van der Waals surface area contributed by atoms with Crippen LogP contribution < -0.4 is 0 Å². The highest BCUT2D eigenvalue weighted by Crippen LogP contribution is 2.23. The number of ether oxygens (including phenoxy) is 1. The average molecular weight is 244 g/mol. The number of hydrogen-bond acceptors (Lipinski definition) is 5. The Bertz CT molecular complexity index is 211. The van der Waals surface area contributed by atoms with E-state index in [9.17, 15) is 0 Å². The molecule has 0 saturated carbocycles. The molecule has 0 saturated heterocycles. The summed E-state index contributed by atoms with van der Waals surface area (Å²) < 4.78 is 5.78. The number of hydrogen-bond donors (Lipinski definition) is 0. The molecule has 0 heterocycles. The highest BCUT2D eigenvalue weighted by Gasteiger charge is 2.14. The number of nitrogens with zero attached hydrogens (tertiary/aromatic N) is 2. The standard InChI is InChI=1S/C10H16N2OS2/c1-14-9(5-3-7-11)13-10(15-2)6-4-8-12/h9-10H,3-6H2,1-2H3. The van der Waals surface area contributed by atoms with Gasteiger partial charge in [-0.05, 0) is 25.4 Å². The van der Waals surface area contributed by atoms with Gasteiger partial charge in [0.15, 0.2) is 0 Å². The Morgan fingerprint density at radius 1 is 1.00 bits per heavy atom. The minimum Gasteiger partial charge on any atom is -0.354 e. The van der Waals surface area contributed by atoms with Gasteiger partial charge in [0.2, 0.25) is 0 Å². The van der Waals surface area contributed by atoms with Gasteiger partial charge in [-0.15, -0.1) is 23.5 Å². The Kier molecular flexibility index (Phi) is 9.92. The predicted molar refractivity (Wildman–Crippen MR) is 65.4 cm³/mol. The zero-order valence-electron chi connectivity index (χ0n) is 9.10. The third-order valence-electron chi connectivity index (χ3n) is 1.81. The first kappa shape index (κ1) is 14.6. The van der Waals surface area contributed by atoms with Crippen LogP contribution in [0.1, 0.15) is 25.7 Å². The lowest BCUT2D eigenvalue weighted by Crippen LogP contribution is -2.16. The highest BCUT2D eigenvalue weighted by atomic mass is 32.2. The quantitative estimate of drug-likeness (QED) is 0.614. The minimum absolute atomic E-state index is 0.0702. The van der Waals surface area contributed by atoms with Crippen LogP contribution in [0.3, 0.4) is 0 Å². The van der Waals surface area contributed by atoms with Crippen LogP contribution in [0.25, 0.3) is 0 Å². The smallest absolute Gasteiger partial charge is 0.105 e. The fourth-order valence-corrected chi connectivity index (χ4v) is 2.28. The molecule has 0 aliphatic rings. The van der Waals surface area contributed by atoms with Crippen molar-refractivity contribution in [2.45, 2.75) is 36.6 Å². The molecule has 0 N–H and O–H groups in total. The van der Waals surface area contributed by atoms with Crippen LogP contribution >= 0.6 is 23.5 Å². The molecular formula is C10H16N2OS2. The van der Waals surface area contributed by atoms with Crippen LogP contribution in [-0.2, 0) is 4.74 Å². The third kappa shape index (κ3) is 7.56. The fourth-order valence-electron chi connectivity index (χ4n) is 1.02. The summed E-state index contributed by atoms with van der Waals surface area (Å²) in [4.78, 5) is 0. The summed E-state index contributed by atoms with van der Waals surface area (Å²) in [6, 6.07) is 4.23. The van der Waals surface area contributed by atoms with Gasteiger partial charge in [-0.2, -0.15) is 10.5 Å². The van der Waals surface area contributed by atoms with Crippen LogP contribution in [0.2, 0.25) is 0 Å². The lowest BCUT2D eigenvalue weighted by Gasteiger charge is -2.20. The topological polar surface area (TPSA) is 56.8 Å². The number of rotatable bonds is 8. The molecule has 0 aliphatic heterocycles. The Morgan fingerprint density at radius 3 is 1.67 bits per heavy atom. The van der Waals surface area contributed by atoms with E-state index >= 15 is 0 Å². The van der Waals surface area contributed by atoms with Crippen LogP contribution in [0, 0.1) is 22.7 Å². The lowest BCUT2D eigenvalue weighted by molar-refractivity contribution is 0.0837. The average Bonchev–Trinajstić information content (AvgIpc) is 2.28. The molecule has 0 amide bonds. The summed E-state index contributed by atoms with van der Waals surface area (Å²) in [7, 11) is 0. The molecular weight excluding hydrogens is 228 g/mol. The second-order valence-electron chi connectivity index (χ2n) is 2.86. The van der Waals surface area contributed by atoms with E-state index in [-0.39, 0.29) is 10.9 Å². The second kappa shape index (κ2) is 10.2. The highest BCUT2D eigenvalue weighted by molar-refractivity contribution is 7.99. The van der Waals surface area contributed by atoms with Gasteiger partial charge in [0, 0.05) is 12.8 Å². The van der Waals surface area contributed by atoms with Crippen LogP contribution in [0.15, 0.2) is 0 Å². The SMILES string of the molecule is CSC(CCC#N)OC(CCC#N)SC. The monoisotopic (exact) mass is 244 g/mol. The van der Waals surface area contributed by atoms with E-state index in [2.05, 4.69) is 12.1 Å². The molecule has 0 rings (SSSR count). The van der Waals surface area contributed by atoms with E-state index < -0.39 is 0 Å². The van der Waals surface area contributed by atoms with Crippen molar-refractivity contribution in [3.8, 4) is 12.1 Å². The molecule has 0 fully saturated rings. The first-order valence-corrected chi connectivity index (χ1v) is 7.31. The molecule has 0 aliphatic carbocycles. The van der Waals surface area contributed by atoms with Gasteiger partial charge in [0.05, 0.1) is 12.1 Å². The molecule has 0 aromatic heterocycles. The molecule has 0 spiro atoms. The van der Waals surface area contributed by atoms with E-state index in [1.165, 1.54) is 0 Å². The van der Waals surface area contributed by atoms with Crippen LogP contribution in [0.5, 0.6) is 0 Å². The molecule has 2 atom stereocenters. The normalized spacial score (nSPS) is 13.9. The zero-order valence-corrected chi connectivity index (χ0v) is 10.7. The third-order valence-corrected chi connectivity index (χ3v) is 3.56. The van der Waals surface area contributed by atoms with Crippen molar-refractivity contribution in [2.24, 2.45) is 0 Å². The second-order valence-corrected chi connectivity index (χ2v) is 4.85. The maximum Gasteiger partial charge on any atom is 0.105 e. The molecule has 5 heteroatoms. The van der Waals surface area contributed by atoms with Crippen molar-refractivity contribution in [3.63, 3.8) is 0 Å². The number of nitriles is 2. The van der Waals surface area contributed by atoms with Crippen molar-refractivity contribution in [1.29, 1.82) is 10.5 Å². The molecule has 0 aromatic rings. The molecule has 84 valence electrons. The summed E-state index contributed by atoms with van der Waals surface area (Å²) in [6.07, 6.45) is 6.49. The number of thioether (sulfide) groups is 2. The molecule has 2 unspecified atom stereocenters. The molecule has 3 nitrogen and oxygen atoms in total. The van der Waals surface area contributed by atoms with E-state index in [1.807, 2.05) is 12.5 Å². The summed E-state index contributed by atoms with van der Waals surface area (Å²) in [5, 5.41) is 17.0. The van der Waals surface area contributed by atoms with Gasteiger partial charge in [-0.25, -0.2) is 0 Å². The van der Waals surface area contributed by atoms with E-state index in [0.29, 0.717) is 12.8 Å². The maximum atomic E-state index is 8.48. The summed E-state index contributed by atoms with van der Waals surface area (Å²) >= 11 is 3.23.